The molecule has 0 spiro atoms. The van der Waals surface area contributed by atoms with Gasteiger partial charge in [0.15, 0.2) is 0 Å². The fourth-order valence-electron chi connectivity index (χ4n) is 0.764. The van der Waals surface area contributed by atoms with Crippen LogP contribution >= 0.6 is 0 Å². The van der Waals surface area contributed by atoms with Gasteiger partial charge in [-0.15, -0.1) is 0 Å². The summed E-state index contributed by atoms with van der Waals surface area (Å²) in [5.41, 5.74) is 0. The lowest BCUT2D eigenvalue weighted by Gasteiger charge is -2.26. The van der Waals surface area contributed by atoms with Crippen LogP contribution in [0.25, 0.3) is 0 Å². The molecular weight excluding hydrogens is 121 g/mol. The summed E-state index contributed by atoms with van der Waals surface area (Å²) in [6, 6.07) is 0. The summed E-state index contributed by atoms with van der Waals surface area (Å²) in [7, 11) is 3.49. The molecule has 0 amide bonds. The van der Waals surface area contributed by atoms with Crippen molar-refractivity contribution in [3.63, 3.8) is 0 Å². The predicted octanol–water partition coefficient (Wildman–Crippen LogP) is 0.371. The molecule has 0 aliphatic carbocycles. The van der Waals surface area contributed by atoms with Crippen LogP contribution in [0.15, 0.2) is 0 Å². The van der Waals surface area contributed by atoms with Crippen LogP contribution in [0.1, 0.15) is 6.92 Å². The molecule has 0 aromatic carbocycles. The van der Waals surface area contributed by atoms with Gasteiger partial charge in [-0.3, -0.25) is 4.48 Å². The minimum atomic E-state index is -0.426. The Balaban J connectivity index is 3.58. The first-order valence-electron chi connectivity index (χ1n) is 3.04. The van der Waals surface area contributed by atoms with Gasteiger partial charge in [-0.25, -0.2) is 0 Å². The van der Waals surface area contributed by atoms with Crippen molar-refractivity contribution in [2.45, 2.75) is 13.0 Å². The van der Waals surface area contributed by atoms with Crippen molar-refractivity contribution in [1.82, 2.24) is 0 Å². The Morgan fingerprint density at radius 3 is 2.11 bits per heavy atom. The first-order valence-corrected chi connectivity index (χ1v) is 3.04. The maximum atomic E-state index is 12.0. The summed E-state index contributed by atoms with van der Waals surface area (Å²) in [5, 5.41) is 8.84. The summed E-state index contributed by atoms with van der Waals surface area (Å²) < 4.78 is 12.2. The van der Waals surface area contributed by atoms with Gasteiger partial charge in [0.25, 0.3) is 0 Å². The lowest BCUT2D eigenvalue weighted by atomic mass is 10.3. The third kappa shape index (κ3) is 4.36. The van der Waals surface area contributed by atoms with Gasteiger partial charge in [0.2, 0.25) is 6.80 Å². The monoisotopic (exact) mass is 136 g/mol. The normalized spacial score (nSPS) is 15.7. The number of likely N-dealkylation sites (N-methyl/N-ethyl adjacent to an activating group) is 1. The maximum Gasteiger partial charge on any atom is 0.221 e. The van der Waals surface area contributed by atoms with E-state index < -0.39 is 12.9 Å². The van der Waals surface area contributed by atoms with E-state index in [4.69, 9.17) is 5.11 Å². The number of halogens is 1. The third-order valence-electron chi connectivity index (χ3n) is 1.08. The summed E-state index contributed by atoms with van der Waals surface area (Å²) in [5.74, 6) is 0. The first-order chi connectivity index (χ1) is 3.98. The van der Waals surface area contributed by atoms with Crippen molar-refractivity contribution < 1.29 is 14.0 Å². The van der Waals surface area contributed by atoms with Crippen LogP contribution in [0.5, 0.6) is 0 Å². The van der Waals surface area contributed by atoms with Gasteiger partial charge in [-0.2, -0.15) is 4.39 Å². The maximum absolute atomic E-state index is 12.0. The number of nitrogens with zero attached hydrogens (tertiary/aromatic N) is 1. The standard InChI is InChI=1S/C6H15FNO/c1-6(9)4-8(2,3)5-7/h6,9H,4-5H2,1-3H3/q+1. The molecule has 9 heavy (non-hydrogen) atoms. The Bertz CT molecular complexity index is 83.1. The van der Waals surface area contributed by atoms with E-state index >= 15 is 0 Å². The van der Waals surface area contributed by atoms with Crippen LogP contribution in [0.2, 0.25) is 0 Å². The van der Waals surface area contributed by atoms with Gasteiger partial charge >= 0.3 is 0 Å². The van der Waals surface area contributed by atoms with Crippen LogP contribution < -0.4 is 0 Å². The molecule has 0 aliphatic rings. The molecule has 0 bridgehead atoms. The summed E-state index contributed by atoms with van der Waals surface area (Å²) in [6.45, 7) is 1.71. The largest absolute Gasteiger partial charge is 0.388 e. The zero-order chi connectivity index (χ0) is 7.49. The molecule has 0 radical (unpaired) electrons. The zero-order valence-electron chi connectivity index (χ0n) is 6.26. The van der Waals surface area contributed by atoms with Crippen LogP contribution in [0, 0.1) is 0 Å². The number of hydrogen-bond acceptors (Lipinski definition) is 1. The topological polar surface area (TPSA) is 20.2 Å². The van der Waals surface area contributed by atoms with Gasteiger partial charge in [-0.05, 0) is 6.92 Å². The lowest BCUT2D eigenvalue weighted by Crippen LogP contribution is -2.43. The van der Waals surface area contributed by atoms with E-state index in [1.807, 2.05) is 0 Å². The van der Waals surface area contributed by atoms with Crippen molar-refractivity contribution in [3.8, 4) is 0 Å². The van der Waals surface area contributed by atoms with Gasteiger partial charge in [0.1, 0.15) is 12.6 Å². The van der Waals surface area contributed by atoms with Gasteiger partial charge in [-0.1, -0.05) is 0 Å². The molecule has 0 fully saturated rings. The second-order valence-electron chi connectivity index (χ2n) is 3.09. The fourth-order valence-corrected chi connectivity index (χ4v) is 0.764. The molecule has 0 aromatic rings. The highest BCUT2D eigenvalue weighted by atomic mass is 19.1. The lowest BCUT2D eigenvalue weighted by molar-refractivity contribution is -0.905. The Labute approximate surface area is 55.5 Å². The average molecular weight is 136 g/mol. The van der Waals surface area contributed by atoms with E-state index in [2.05, 4.69) is 0 Å². The first kappa shape index (κ1) is 8.85. The van der Waals surface area contributed by atoms with Crippen molar-refractivity contribution in [3.05, 3.63) is 0 Å². The second kappa shape index (κ2) is 3.13. The molecule has 1 unspecified atom stereocenters. The third-order valence-corrected chi connectivity index (χ3v) is 1.08. The fraction of sp³-hybridized carbons (Fsp3) is 1.00. The molecule has 0 heterocycles. The van der Waals surface area contributed by atoms with Gasteiger partial charge < -0.3 is 5.11 Å². The average Bonchev–Trinajstić information content (AvgIpc) is 1.63. The van der Waals surface area contributed by atoms with Crippen molar-refractivity contribution in [2.75, 3.05) is 27.4 Å². The number of alkyl halides is 1. The van der Waals surface area contributed by atoms with Gasteiger partial charge in [0.05, 0.1) is 14.1 Å². The molecule has 0 rings (SSSR count). The van der Waals surface area contributed by atoms with Crippen LogP contribution in [-0.2, 0) is 0 Å². The summed E-state index contributed by atoms with van der Waals surface area (Å²) in [4.78, 5) is 0. The smallest absolute Gasteiger partial charge is 0.221 e. The molecule has 1 N–H and O–H groups in total. The van der Waals surface area contributed by atoms with Crippen LogP contribution in [0.4, 0.5) is 4.39 Å². The van der Waals surface area contributed by atoms with Crippen LogP contribution in [0.3, 0.4) is 0 Å². The molecule has 3 heteroatoms. The zero-order valence-corrected chi connectivity index (χ0v) is 6.26. The quantitative estimate of drug-likeness (QED) is 0.439. The summed E-state index contributed by atoms with van der Waals surface area (Å²) >= 11 is 0. The van der Waals surface area contributed by atoms with E-state index in [0.29, 0.717) is 6.54 Å². The minimum absolute atomic E-state index is 0.234. The number of hydrogen-bond donors (Lipinski definition) is 1. The number of aliphatic hydroxyl groups is 1. The van der Waals surface area contributed by atoms with Crippen LogP contribution in [-0.4, -0.2) is 43.1 Å². The Hall–Kier alpha value is -0.150. The Kier molecular flexibility index (Phi) is 3.08. The van der Waals surface area contributed by atoms with E-state index in [-0.39, 0.29) is 4.48 Å². The Morgan fingerprint density at radius 1 is 1.56 bits per heavy atom. The molecule has 2 nitrogen and oxygen atoms in total. The van der Waals surface area contributed by atoms with E-state index in [0.717, 1.165) is 0 Å². The Morgan fingerprint density at radius 2 is 2.00 bits per heavy atom. The molecule has 56 valence electrons. The summed E-state index contributed by atoms with van der Waals surface area (Å²) in [6.07, 6.45) is -0.421. The second-order valence-corrected chi connectivity index (χ2v) is 3.09. The molecule has 0 saturated carbocycles. The highest BCUT2D eigenvalue weighted by Crippen LogP contribution is 1.98. The molecule has 0 saturated heterocycles. The van der Waals surface area contributed by atoms with E-state index in [1.54, 1.807) is 21.0 Å². The number of aliphatic hydroxyl groups excluding tert-OH is 1. The molecule has 0 aliphatic heterocycles. The number of quaternary nitrogens is 1. The van der Waals surface area contributed by atoms with Gasteiger partial charge in [0, 0.05) is 0 Å². The van der Waals surface area contributed by atoms with E-state index in [1.165, 1.54) is 0 Å². The highest BCUT2D eigenvalue weighted by Gasteiger charge is 2.16. The molecule has 1 atom stereocenters. The number of rotatable bonds is 3. The highest BCUT2D eigenvalue weighted by molar-refractivity contribution is 4.39. The minimum Gasteiger partial charge on any atom is -0.388 e. The van der Waals surface area contributed by atoms with E-state index in [9.17, 15) is 4.39 Å². The predicted molar refractivity (Wildman–Crippen MR) is 34.6 cm³/mol. The van der Waals surface area contributed by atoms with Crippen molar-refractivity contribution >= 4 is 0 Å². The van der Waals surface area contributed by atoms with Crippen molar-refractivity contribution in [1.29, 1.82) is 0 Å². The molecular formula is C6H15FNO+. The SMILES string of the molecule is CC(O)C[N+](C)(C)CF. The molecule has 0 aromatic heterocycles. The van der Waals surface area contributed by atoms with Crippen molar-refractivity contribution in [2.24, 2.45) is 0 Å².